The number of benzene rings is 2. The highest BCUT2D eigenvalue weighted by Gasteiger charge is 2.46. The van der Waals surface area contributed by atoms with Crippen molar-refractivity contribution in [1.82, 2.24) is 41.7 Å². The van der Waals surface area contributed by atoms with Crippen LogP contribution in [0.4, 0.5) is 0 Å². The molecule has 1 aliphatic carbocycles. The molecule has 2 aliphatic heterocycles. The Morgan fingerprint density at radius 1 is 0.764 bits per heavy atom. The molecule has 6 amide bonds. The fourth-order valence-corrected chi connectivity index (χ4v) is 7.55. The number of aryl methyl sites for hydroxylation is 1. The molecule has 14 nitrogen and oxygen atoms in total. The number of rotatable bonds is 12. The first kappa shape index (κ1) is 41.3. The van der Waals surface area contributed by atoms with E-state index in [1.54, 1.807) is 57.1 Å². The van der Waals surface area contributed by atoms with Crippen molar-refractivity contribution in [3.8, 4) is 0 Å². The molecule has 0 aromatic heterocycles. The quantitative estimate of drug-likeness (QED) is 0.189. The van der Waals surface area contributed by atoms with E-state index in [2.05, 4.69) is 38.0 Å². The van der Waals surface area contributed by atoms with Crippen LogP contribution in [0.3, 0.4) is 0 Å². The predicted molar refractivity (Wildman–Crippen MR) is 209 cm³/mol. The summed E-state index contributed by atoms with van der Waals surface area (Å²) in [6.07, 6.45) is 3.47. The minimum Gasteiger partial charge on any atom is -0.350 e. The first-order valence-corrected chi connectivity index (χ1v) is 19.4. The normalized spacial score (nSPS) is 22.5. The molecule has 7 atom stereocenters. The Morgan fingerprint density at radius 2 is 1.42 bits per heavy atom. The molecule has 2 heterocycles. The molecule has 0 spiro atoms. The zero-order chi connectivity index (χ0) is 40.0. The maximum atomic E-state index is 14.4. The SMILES string of the molecule is CN[C@@H](C)C(=O)N[C@@H]1CCN(C(=O)c2ccc(C(=O)N[C@H]3C[C@@H](C(=O)N[C@@H]4CCCc5ccccc54)N(C(=O)[C@@H](NC(=O)[C@H](C)NC)C(C)(C)C)C3)cc2)C1. The third-order valence-electron chi connectivity index (χ3n) is 11.2. The summed E-state index contributed by atoms with van der Waals surface area (Å²) in [4.78, 5) is 83.9. The second-order valence-corrected chi connectivity index (χ2v) is 16.2. The summed E-state index contributed by atoms with van der Waals surface area (Å²) in [5, 5.41) is 17.9. The Hall–Kier alpha value is -4.82. The molecule has 298 valence electrons. The zero-order valence-electron chi connectivity index (χ0n) is 33.2. The molecule has 2 aromatic rings. The molecule has 0 bridgehead atoms. The molecule has 2 aromatic carbocycles. The van der Waals surface area contributed by atoms with Gasteiger partial charge in [-0.2, -0.15) is 0 Å². The molecule has 14 heteroatoms. The highest BCUT2D eigenvalue weighted by Crippen LogP contribution is 2.31. The lowest BCUT2D eigenvalue weighted by atomic mass is 9.85. The van der Waals surface area contributed by atoms with Gasteiger partial charge in [0.15, 0.2) is 0 Å². The number of fused-ring (bicyclic) bond motifs is 1. The smallest absolute Gasteiger partial charge is 0.253 e. The molecule has 2 fully saturated rings. The topological polar surface area (TPSA) is 181 Å². The van der Waals surface area contributed by atoms with Gasteiger partial charge in [-0.05, 0) is 101 Å². The molecular formula is C41H58N8O6. The Bertz CT molecular complexity index is 1740. The first-order chi connectivity index (χ1) is 26.1. The van der Waals surface area contributed by atoms with Gasteiger partial charge >= 0.3 is 0 Å². The van der Waals surface area contributed by atoms with Crippen LogP contribution in [0, 0.1) is 5.41 Å². The van der Waals surface area contributed by atoms with Crippen LogP contribution >= 0.6 is 0 Å². The Morgan fingerprint density at radius 3 is 2.09 bits per heavy atom. The van der Waals surface area contributed by atoms with Crippen LogP contribution in [0.25, 0.3) is 0 Å². The van der Waals surface area contributed by atoms with Crippen molar-refractivity contribution >= 4 is 35.4 Å². The van der Waals surface area contributed by atoms with Crippen molar-refractivity contribution in [2.75, 3.05) is 33.7 Å². The van der Waals surface area contributed by atoms with Crippen LogP contribution in [0.2, 0.25) is 0 Å². The van der Waals surface area contributed by atoms with Crippen LogP contribution in [-0.2, 0) is 25.6 Å². The van der Waals surface area contributed by atoms with Crippen LogP contribution in [0.5, 0.6) is 0 Å². The summed E-state index contributed by atoms with van der Waals surface area (Å²) in [5.41, 5.74) is 2.34. The van der Waals surface area contributed by atoms with E-state index < -0.39 is 41.4 Å². The molecule has 0 radical (unpaired) electrons. The first-order valence-electron chi connectivity index (χ1n) is 19.4. The van der Waals surface area contributed by atoms with Gasteiger partial charge in [0.25, 0.3) is 11.8 Å². The van der Waals surface area contributed by atoms with Gasteiger partial charge in [0.2, 0.25) is 23.6 Å². The Balaban J connectivity index is 1.29. The number of hydrogen-bond donors (Lipinski definition) is 6. The average molecular weight is 759 g/mol. The van der Waals surface area contributed by atoms with Crippen LogP contribution in [-0.4, -0.2) is 115 Å². The van der Waals surface area contributed by atoms with Gasteiger partial charge in [-0.25, -0.2) is 0 Å². The Labute approximate surface area is 324 Å². The maximum absolute atomic E-state index is 14.4. The highest BCUT2D eigenvalue weighted by molar-refractivity contribution is 5.99. The largest absolute Gasteiger partial charge is 0.350 e. The summed E-state index contributed by atoms with van der Waals surface area (Å²) in [7, 11) is 3.38. The van der Waals surface area contributed by atoms with Crippen molar-refractivity contribution in [3.05, 3.63) is 70.8 Å². The van der Waals surface area contributed by atoms with E-state index >= 15 is 0 Å². The lowest BCUT2D eigenvalue weighted by Crippen LogP contribution is -2.59. The molecule has 6 N–H and O–H groups in total. The minimum absolute atomic E-state index is 0.0737. The van der Waals surface area contributed by atoms with Crippen LogP contribution in [0.15, 0.2) is 48.5 Å². The summed E-state index contributed by atoms with van der Waals surface area (Å²) in [6.45, 7) is 10.1. The fourth-order valence-electron chi connectivity index (χ4n) is 7.55. The van der Waals surface area contributed by atoms with Crippen LogP contribution in [0.1, 0.15) is 98.2 Å². The third-order valence-corrected chi connectivity index (χ3v) is 11.2. The standard InChI is InChI=1S/C41H58N8O6/c1-24(42-6)35(50)44-29-19-20-48(22-29)39(54)28-17-15-27(16-18-28)37(52)45-30-21-33(38(53)46-32-14-10-12-26-11-8-9-13-31(26)32)49(23-30)40(55)34(41(3,4)5)47-36(51)25(2)43-7/h8-9,11,13,15-18,24-25,29-30,32-34,42-43H,10,12,14,19-23H2,1-7H3,(H,44,50)(H,45,52)(H,46,53)(H,47,51)/t24-,25-,29+,30-,32+,33-,34+/m0/s1. The molecule has 0 unspecified atom stereocenters. The second-order valence-electron chi connectivity index (χ2n) is 16.2. The molecular weight excluding hydrogens is 701 g/mol. The van der Waals surface area contributed by atoms with Crippen molar-refractivity contribution < 1.29 is 28.8 Å². The Kier molecular flexibility index (Phi) is 13.3. The molecule has 5 rings (SSSR count). The zero-order valence-corrected chi connectivity index (χ0v) is 33.2. The lowest BCUT2D eigenvalue weighted by molar-refractivity contribution is -0.144. The van der Waals surface area contributed by atoms with E-state index in [0.29, 0.717) is 30.6 Å². The fraction of sp³-hybridized carbons (Fsp3) is 0.561. The predicted octanol–water partition coefficient (Wildman–Crippen LogP) is 1.66. The second kappa shape index (κ2) is 17.8. The van der Waals surface area contributed by atoms with Crippen molar-refractivity contribution in [1.29, 1.82) is 0 Å². The number of carbonyl (C=O) groups is 6. The van der Waals surface area contributed by atoms with E-state index in [1.807, 2.05) is 39.0 Å². The van der Waals surface area contributed by atoms with Gasteiger partial charge in [-0.15, -0.1) is 0 Å². The maximum Gasteiger partial charge on any atom is 0.253 e. The van der Waals surface area contributed by atoms with Gasteiger partial charge in [0.05, 0.1) is 18.1 Å². The van der Waals surface area contributed by atoms with Gasteiger partial charge in [0.1, 0.15) is 12.1 Å². The van der Waals surface area contributed by atoms with Crippen molar-refractivity contribution in [3.63, 3.8) is 0 Å². The van der Waals surface area contributed by atoms with Crippen LogP contribution < -0.4 is 31.9 Å². The number of nitrogens with one attached hydrogen (secondary N) is 6. The van der Waals surface area contributed by atoms with E-state index in [-0.39, 0.29) is 54.7 Å². The van der Waals surface area contributed by atoms with Gasteiger partial charge < -0.3 is 41.7 Å². The molecule has 0 saturated carbocycles. The van der Waals surface area contributed by atoms with E-state index in [9.17, 15) is 28.8 Å². The van der Waals surface area contributed by atoms with Gasteiger partial charge in [-0.3, -0.25) is 28.8 Å². The number of amides is 6. The van der Waals surface area contributed by atoms with Crippen molar-refractivity contribution in [2.24, 2.45) is 5.41 Å². The number of nitrogens with zero attached hydrogens (tertiary/aromatic N) is 2. The lowest BCUT2D eigenvalue weighted by Gasteiger charge is -2.36. The van der Waals surface area contributed by atoms with Gasteiger partial charge in [-0.1, -0.05) is 45.0 Å². The highest BCUT2D eigenvalue weighted by atomic mass is 16.2. The molecule has 55 heavy (non-hydrogen) atoms. The summed E-state index contributed by atoms with van der Waals surface area (Å²) in [5.74, 6) is -1.74. The number of hydrogen-bond acceptors (Lipinski definition) is 8. The summed E-state index contributed by atoms with van der Waals surface area (Å²) < 4.78 is 0. The van der Waals surface area contributed by atoms with Crippen molar-refractivity contribution in [2.45, 2.75) is 109 Å². The average Bonchev–Trinajstić information content (AvgIpc) is 3.82. The van der Waals surface area contributed by atoms with E-state index in [1.165, 1.54) is 10.5 Å². The third kappa shape index (κ3) is 9.90. The summed E-state index contributed by atoms with van der Waals surface area (Å²) >= 11 is 0. The molecule has 3 aliphatic rings. The number of likely N-dealkylation sites (tertiary alicyclic amines) is 2. The van der Waals surface area contributed by atoms with E-state index in [0.717, 1.165) is 24.8 Å². The number of carbonyl (C=O) groups excluding carboxylic acids is 6. The number of likely N-dealkylation sites (N-methyl/N-ethyl adjacent to an activating group) is 2. The summed E-state index contributed by atoms with van der Waals surface area (Å²) in [6, 6.07) is 10.9. The monoisotopic (exact) mass is 758 g/mol. The van der Waals surface area contributed by atoms with E-state index in [4.69, 9.17) is 0 Å². The minimum atomic E-state index is -0.930. The molecule has 2 saturated heterocycles. The van der Waals surface area contributed by atoms with Gasteiger partial charge in [0, 0.05) is 42.8 Å².